The average molecular weight is 577 g/mol. The molecule has 0 radical (unpaired) electrons. The first kappa shape index (κ1) is 27.7. The van der Waals surface area contributed by atoms with Crippen LogP contribution in [0.15, 0.2) is 77.7 Å². The van der Waals surface area contributed by atoms with Crippen molar-refractivity contribution >= 4 is 27.4 Å². The van der Waals surface area contributed by atoms with Crippen molar-refractivity contribution in [3.05, 3.63) is 83.9 Å². The van der Waals surface area contributed by atoms with Crippen molar-refractivity contribution in [3.8, 4) is 5.75 Å². The molecule has 3 aromatic rings. The van der Waals surface area contributed by atoms with Crippen molar-refractivity contribution in [2.24, 2.45) is 5.73 Å². The number of anilines is 2. The number of aliphatic hydroxyl groups excluding tert-OH is 1. The SMILES string of the molecule is NC(=O)N1C[C@@H](NS(=O)(=O)c2ccc(OC(F)(F)F)cc2)[C@H](O)[C@@H](N2c3ccccc3CCc3ccccc32)C1. The van der Waals surface area contributed by atoms with Crippen LogP contribution in [0.5, 0.6) is 5.75 Å². The smallest absolute Gasteiger partial charge is 0.406 e. The lowest BCUT2D eigenvalue weighted by Gasteiger charge is -2.46. The fourth-order valence-electron chi connectivity index (χ4n) is 5.30. The zero-order valence-electron chi connectivity index (χ0n) is 21.1. The molecule has 3 atom stereocenters. The summed E-state index contributed by atoms with van der Waals surface area (Å²) in [6.07, 6.45) is -4.73. The number of nitrogens with one attached hydrogen (secondary N) is 1. The fraction of sp³-hybridized carbons (Fsp3) is 0.296. The number of benzene rings is 3. The van der Waals surface area contributed by atoms with Crippen LogP contribution in [0.3, 0.4) is 0 Å². The van der Waals surface area contributed by atoms with Crippen molar-refractivity contribution < 1.29 is 36.2 Å². The summed E-state index contributed by atoms with van der Waals surface area (Å²) in [5.74, 6) is -0.581. The zero-order valence-corrected chi connectivity index (χ0v) is 21.9. The van der Waals surface area contributed by atoms with Gasteiger partial charge in [-0.2, -0.15) is 0 Å². The minimum atomic E-state index is -4.93. The number of hydrogen-bond acceptors (Lipinski definition) is 6. The van der Waals surface area contributed by atoms with Crippen molar-refractivity contribution in [2.75, 3.05) is 18.0 Å². The number of sulfonamides is 1. The summed E-state index contributed by atoms with van der Waals surface area (Å²) >= 11 is 0. The number of aliphatic hydroxyl groups is 1. The third kappa shape index (κ3) is 5.71. The Hall–Kier alpha value is -3.81. The molecular weight excluding hydrogens is 549 g/mol. The number of carbonyl (C=O) groups is 1. The number of alkyl halides is 3. The van der Waals surface area contributed by atoms with Crippen LogP contribution < -0.4 is 20.1 Å². The number of para-hydroxylation sites is 2. The molecule has 1 fully saturated rings. The van der Waals surface area contributed by atoms with E-state index in [1.165, 1.54) is 4.90 Å². The highest BCUT2D eigenvalue weighted by Gasteiger charge is 2.43. The number of piperidine rings is 1. The van der Waals surface area contributed by atoms with Gasteiger partial charge in [-0.15, -0.1) is 13.2 Å². The summed E-state index contributed by atoms with van der Waals surface area (Å²) in [6, 6.07) is 16.3. The van der Waals surface area contributed by atoms with E-state index in [2.05, 4.69) is 9.46 Å². The molecule has 13 heteroatoms. The van der Waals surface area contributed by atoms with E-state index < -0.39 is 46.4 Å². The summed E-state index contributed by atoms with van der Waals surface area (Å²) in [5, 5.41) is 11.6. The van der Waals surface area contributed by atoms with Crippen LogP contribution in [0.25, 0.3) is 0 Å². The summed E-state index contributed by atoms with van der Waals surface area (Å²) in [4.78, 5) is 15.2. The standard InChI is InChI=1S/C27H27F3N4O5S/c28-27(29,30)39-19-11-13-20(14-12-19)40(37,38)32-21-15-33(26(31)36)16-24(25(21)35)34-22-7-3-1-5-17(22)9-10-18-6-2-4-8-23(18)34/h1-8,11-14,21,24-25,32,35H,9-10,15-16H2,(H2,31,36)/t21-,24+,25+/m1/s1. The lowest BCUT2D eigenvalue weighted by molar-refractivity contribution is -0.274. The predicted molar refractivity (Wildman–Crippen MR) is 141 cm³/mol. The molecular formula is C27H27F3N4O5S. The molecule has 9 nitrogen and oxygen atoms in total. The molecule has 2 amide bonds. The molecule has 212 valence electrons. The maximum absolute atomic E-state index is 13.2. The molecule has 1 saturated heterocycles. The summed E-state index contributed by atoms with van der Waals surface area (Å²) < 4.78 is 70.2. The number of ether oxygens (including phenoxy) is 1. The van der Waals surface area contributed by atoms with Gasteiger partial charge in [0.1, 0.15) is 5.75 Å². The first-order chi connectivity index (χ1) is 18.9. The second-order valence-corrected chi connectivity index (χ2v) is 11.4. The Morgan fingerprint density at radius 2 is 1.48 bits per heavy atom. The van der Waals surface area contributed by atoms with Crippen LogP contribution in [-0.4, -0.2) is 62.1 Å². The van der Waals surface area contributed by atoms with E-state index in [4.69, 9.17) is 5.73 Å². The van der Waals surface area contributed by atoms with Crippen molar-refractivity contribution in [2.45, 2.75) is 42.3 Å². The maximum atomic E-state index is 13.2. The second kappa shape index (κ2) is 10.6. The van der Waals surface area contributed by atoms with Crippen molar-refractivity contribution in [1.82, 2.24) is 9.62 Å². The predicted octanol–water partition coefficient (Wildman–Crippen LogP) is 3.29. The number of primary amides is 1. The molecule has 3 aromatic carbocycles. The van der Waals surface area contributed by atoms with Gasteiger partial charge in [0, 0.05) is 24.5 Å². The second-order valence-electron chi connectivity index (χ2n) is 9.68. The number of amides is 2. The number of nitrogens with two attached hydrogens (primary N) is 1. The quantitative estimate of drug-likeness (QED) is 0.428. The van der Waals surface area contributed by atoms with Crippen molar-refractivity contribution in [3.63, 3.8) is 0 Å². The van der Waals surface area contributed by atoms with Gasteiger partial charge >= 0.3 is 12.4 Å². The van der Waals surface area contributed by atoms with Crippen LogP contribution in [0, 0.1) is 0 Å². The molecule has 2 aliphatic heterocycles. The Morgan fingerprint density at radius 3 is 2.00 bits per heavy atom. The van der Waals surface area contributed by atoms with Gasteiger partial charge in [0.25, 0.3) is 0 Å². The molecule has 5 rings (SSSR count). The van der Waals surface area contributed by atoms with E-state index in [-0.39, 0.29) is 18.0 Å². The van der Waals surface area contributed by atoms with E-state index in [1.807, 2.05) is 53.4 Å². The van der Waals surface area contributed by atoms with Crippen LogP contribution in [-0.2, 0) is 22.9 Å². The molecule has 0 aliphatic carbocycles. The number of aryl methyl sites for hydroxylation is 2. The van der Waals surface area contributed by atoms with E-state index >= 15 is 0 Å². The number of likely N-dealkylation sites (tertiary alicyclic amines) is 1. The van der Waals surface area contributed by atoms with Gasteiger partial charge in [-0.1, -0.05) is 36.4 Å². The molecule has 0 aromatic heterocycles. The van der Waals surface area contributed by atoms with Crippen molar-refractivity contribution in [1.29, 1.82) is 0 Å². The molecule has 0 bridgehead atoms. The number of nitrogens with zero attached hydrogens (tertiary/aromatic N) is 2. The largest absolute Gasteiger partial charge is 0.573 e. The molecule has 0 spiro atoms. The number of rotatable bonds is 5. The number of fused-ring (bicyclic) bond motifs is 2. The Balaban J connectivity index is 1.49. The van der Waals surface area contributed by atoms with E-state index in [0.29, 0.717) is 0 Å². The lowest BCUT2D eigenvalue weighted by atomic mass is 9.94. The summed E-state index contributed by atoms with van der Waals surface area (Å²) in [5.41, 5.74) is 9.34. The van der Waals surface area contributed by atoms with Gasteiger partial charge in [-0.3, -0.25) is 0 Å². The average Bonchev–Trinajstić information content (AvgIpc) is 3.06. The molecule has 2 aliphatic rings. The van der Waals surface area contributed by atoms with Gasteiger partial charge in [-0.05, 0) is 60.4 Å². The lowest BCUT2D eigenvalue weighted by Crippen LogP contribution is -2.66. The zero-order chi connectivity index (χ0) is 28.7. The van der Waals surface area contributed by atoms with E-state index in [0.717, 1.165) is 59.6 Å². The normalized spacial score (nSPS) is 21.2. The van der Waals surface area contributed by atoms with Gasteiger partial charge in [0.05, 0.1) is 23.1 Å². The fourth-order valence-corrected chi connectivity index (χ4v) is 6.54. The Kier molecular flexibility index (Phi) is 7.38. The number of hydrogen-bond donors (Lipinski definition) is 3. The Bertz CT molecular complexity index is 1450. The monoisotopic (exact) mass is 576 g/mol. The number of carbonyl (C=O) groups excluding carboxylic acids is 1. The van der Waals surface area contributed by atoms with Gasteiger partial charge in [0.15, 0.2) is 0 Å². The van der Waals surface area contributed by atoms with Gasteiger partial charge < -0.3 is 25.4 Å². The molecule has 2 heterocycles. The molecule has 0 unspecified atom stereocenters. The van der Waals surface area contributed by atoms with E-state index in [9.17, 15) is 31.5 Å². The Labute approximate surface area is 229 Å². The summed E-state index contributed by atoms with van der Waals surface area (Å²) in [7, 11) is -4.33. The minimum absolute atomic E-state index is 0.0286. The highest BCUT2D eigenvalue weighted by molar-refractivity contribution is 7.89. The minimum Gasteiger partial charge on any atom is -0.406 e. The van der Waals surface area contributed by atoms with Crippen LogP contribution in [0.1, 0.15) is 11.1 Å². The van der Waals surface area contributed by atoms with Crippen LogP contribution in [0.2, 0.25) is 0 Å². The first-order valence-electron chi connectivity index (χ1n) is 12.5. The molecule has 40 heavy (non-hydrogen) atoms. The van der Waals surface area contributed by atoms with Crippen LogP contribution >= 0.6 is 0 Å². The highest BCUT2D eigenvalue weighted by atomic mass is 32.2. The maximum Gasteiger partial charge on any atom is 0.573 e. The topological polar surface area (TPSA) is 125 Å². The summed E-state index contributed by atoms with van der Waals surface area (Å²) in [6.45, 7) is -0.181. The third-order valence-electron chi connectivity index (χ3n) is 7.11. The van der Waals surface area contributed by atoms with Crippen LogP contribution in [0.4, 0.5) is 29.3 Å². The molecule has 0 saturated carbocycles. The van der Waals surface area contributed by atoms with Gasteiger partial charge in [0.2, 0.25) is 10.0 Å². The third-order valence-corrected chi connectivity index (χ3v) is 8.62. The van der Waals surface area contributed by atoms with E-state index in [1.54, 1.807) is 0 Å². The molecule has 4 N–H and O–H groups in total. The van der Waals surface area contributed by atoms with Gasteiger partial charge in [-0.25, -0.2) is 17.9 Å². The highest BCUT2D eigenvalue weighted by Crippen LogP contribution is 2.39. The first-order valence-corrected chi connectivity index (χ1v) is 14.0. The number of urea groups is 1. The Morgan fingerprint density at radius 1 is 0.925 bits per heavy atom. The number of halogens is 3.